The maximum atomic E-state index is 11.7. The minimum Gasteiger partial charge on any atom is -0.348 e. The highest BCUT2D eigenvalue weighted by Gasteiger charge is 2.11. The quantitative estimate of drug-likeness (QED) is 0.667. The highest BCUT2D eigenvalue weighted by molar-refractivity contribution is 5.93. The van der Waals surface area contributed by atoms with E-state index in [9.17, 15) is 9.59 Å². The molecule has 0 saturated heterocycles. The minimum atomic E-state index is -0.222. The molecule has 0 fully saturated rings. The maximum absolute atomic E-state index is 11.7. The Morgan fingerprint density at radius 1 is 1.56 bits per heavy atom. The van der Waals surface area contributed by atoms with Gasteiger partial charge in [-0.2, -0.15) is 0 Å². The SMILES string of the molecule is CCCC(CN)NC(=O)c1ccc(=O)[nH]c1. The second kappa shape index (κ2) is 6.07. The van der Waals surface area contributed by atoms with Crippen molar-refractivity contribution < 1.29 is 4.79 Å². The molecule has 4 N–H and O–H groups in total. The van der Waals surface area contributed by atoms with Gasteiger partial charge in [0.15, 0.2) is 0 Å². The molecule has 0 aliphatic heterocycles. The van der Waals surface area contributed by atoms with E-state index >= 15 is 0 Å². The molecule has 1 aromatic heterocycles. The number of carbonyl (C=O) groups excluding carboxylic acids is 1. The zero-order chi connectivity index (χ0) is 12.0. The number of nitrogens with one attached hydrogen (secondary N) is 2. The van der Waals surface area contributed by atoms with E-state index in [2.05, 4.69) is 10.3 Å². The van der Waals surface area contributed by atoms with Crippen LogP contribution in [0.25, 0.3) is 0 Å². The summed E-state index contributed by atoms with van der Waals surface area (Å²) in [5, 5.41) is 2.82. The third-order valence-electron chi connectivity index (χ3n) is 2.30. The number of hydrogen-bond acceptors (Lipinski definition) is 3. The van der Waals surface area contributed by atoms with E-state index in [0.717, 1.165) is 12.8 Å². The Bertz CT molecular complexity index is 380. The Hall–Kier alpha value is -1.62. The van der Waals surface area contributed by atoms with Crippen molar-refractivity contribution in [3.8, 4) is 0 Å². The fourth-order valence-electron chi connectivity index (χ4n) is 1.42. The topological polar surface area (TPSA) is 88.0 Å². The van der Waals surface area contributed by atoms with Crippen LogP contribution < -0.4 is 16.6 Å². The summed E-state index contributed by atoms with van der Waals surface area (Å²) < 4.78 is 0. The van der Waals surface area contributed by atoms with Gasteiger partial charge in [0.05, 0.1) is 5.56 Å². The number of aromatic amines is 1. The average molecular weight is 223 g/mol. The third kappa shape index (κ3) is 3.51. The van der Waals surface area contributed by atoms with Crippen molar-refractivity contribution in [3.63, 3.8) is 0 Å². The van der Waals surface area contributed by atoms with Crippen LogP contribution in [0, 0.1) is 0 Å². The molecule has 0 radical (unpaired) electrons. The van der Waals surface area contributed by atoms with Gasteiger partial charge in [0.2, 0.25) is 5.56 Å². The monoisotopic (exact) mass is 223 g/mol. The van der Waals surface area contributed by atoms with Gasteiger partial charge >= 0.3 is 0 Å². The van der Waals surface area contributed by atoms with Crippen molar-refractivity contribution >= 4 is 5.91 Å². The smallest absolute Gasteiger partial charge is 0.253 e. The highest BCUT2D eigenvalue weighted by atomic mass is 16.2. The second-order valence-electron chi connectivity index (χ2n) is 3.64. The summed E-state index contributed by atoms with van der Waals surface area (Å²) >= 11 is 0. The Balaban J connectivity index is 2.64. The summed E-state index contributed by atoms with van der Waals surface area (Å²) in [6.45, 7) is 2.46. The standard InChI is InChI=1S/C11H17N3O2/c1-2-3-9(6-12)14-11(16)8-4-5-10(15)13-7-8/h4-5,7,9H,2-3,6,12H2,1H3,(H,13,15)(H,14,16). The molecule has 1 unspecified atom stereocenters. The van der Waals surface area contributed by atoms with Crippen molar-refractivity contribution in [2.75, 3.05) is 6.54 Å². The van der Waals surface area contributed by atoms with E-state index in [-0.39, 0.29) is 17.5 Å². The first-order valence-electron chi connectivity index (χ1n) is 5.37. The van der Waals surface area contributed by atoms with Gasteiger partial charge in [0, 0.05) is 24.8 Å². The molecule has 1 atom stereocenters. The molecule has 0 aliphatic carbocycles. The highest BCUT2D eigenvalue weighted by Crippen LogP contribution is 1.98. The summed E-state index contributed by atoms with van der Waals surface area (Å²) in [6, 6.07) is 2.81. The van der Waals surface area contributed by atoms with Crippen LogP contribution in [0.4, 0.5) is 0 Å². The lowest BCUT2D eigenvalue weighted by Gasteiger charge is -2.15. The molecule has 1 amide bonds. The first-order chi connectivity index (χ1) is 7.67. The summed E-state index contributed by atoms with van der Waals surface area (Å²) in [4.78, 5) is 25.0. The van der Waals surface area contributed by atoms with Gasteiger partial charge in [0.25, 0.3) is 5.91 Å². The Kier molecular flexibility index (Phi) is 4.72. The van der Waals surface area contributed by atoms with E-state index in [0.29, 0.717) is 12.1 Å². The van der Waals surface area contributed by atoms with Crippen molar-refractivity contribution in [1.29, 1.82) is 0 Å². The number of rotatable bonds is 5. The number of nitrogens with two attached hydrogens (primary N) is 1. The molecule has 1 heterocycles. The van der Waals surface area contributed by atoms with Crippen LogP contribution in [0.2, 0.25) is 0 Å². The van der Waals surface area contributed by atoms with Crippen LogP contribution >= 0.6 is 0 Å². The lowest BCUT2D eigenvalue weighted by atomic mass is 10.1. The molecule has 0 bridgehead atoms. The molecule has 1 rings (SSSR count). The largest absolute Gasteiger partial charge is 0.348 e. The van der Waals surface area contributed by atoms with Gasteiger partial charge in [-0.1, -0.05) is 13.3 Å². The van der Waals surface area contributed by atoms with Gasteiger partial charge < -0.3 is 16.0 Å². The number of H-pyrrole nitrogens is 1. The summed E-state index contributed by atoms with van der Waals surface area (Å²) in [6.07, 6.45) is 3.22. The Morgan fingerprint density at radius 2 is 2.31 bits per heavy atom. The van der Waals surface area contributed by atoms with E-state index in [1.54, 1.807) is 0 Å². The van der Waals surface area contributed by atoms with Crippen LogP contribution in [-0.4, -0.2) is 23.5 Å². The fourth-order valence-corrected chi connectivity index (χ4v) is 1.42. The molecule has 0 aliphatic rings. The zero-order valence-corrected chi connectivity index (χ0v) is 9.32. The molecule has 0 saturated carbocycles. The first kappa shape index (κ1) is 12.4. The number of carbonyl (C=O) groups is 1. The van der Waals surface area contributed by atoms with Crippen LogP contribution in [0.1, 0.15) is 30.1 Å². The summed E-state index contributed by atoms with van der Waals surface area (Å²) in [7, 11) is 0. The van der Waals surface area contributed by atoms with E-state index < -0.39 is 0 Å². The Labute approximate surface area is 94.1 Å². The fraction of sp³-hybridized carbons (Fsp3) is 0.455. The first-order valence-corrected chi connectivity index (χ1v) is 5.37. The van der Waals surface area contributed by atoms with Crippen LogP contribution in [0.15, 0.2) is 23.1 Å². The van der Waals surface area contributed by atoms with E-state index in [4.69, 9.17) is 5.73 Å². The number of pyridine rings is 1. The van der Waals surface area contributed by atoms with Crippen molar-refractivity contribution in [2.45, 2.75) is 25.8 Å². The zero-order valence-electron chi connectivity index (χ0n) is 9.32. The molecule has 1 aromatic rings. The summed E-state index contributed by atoms with van der Waals surface area (Å²) in [5.41, 5.74) is 5.75. The van der Waals surface area contributed by atoms with Crippen LogP contribution in [0.5, 0.6) is 0 Å². The molecule has 0 aromatic carbocycles. The number of amides is 1. The minimum absolute atomic E-state index is 0.00979. The summed E-state index contributed by atoms with van der Waals surface area (Å²) in [5.74, 6) is -0.208. The van der Waals surface area contributed by atoms with Crippen LogP contribution in [0.3, 0.4) is 0 Å². The van der Waals surface area contributed by atoms with Crippen LogP contribution in [-0.2, 0) is 0 Å². The van der Waals surface area contributed by atoms with E-state index in [1.165, 1.54) is 18.3 Å². The maximum Gasteiger partial charge on any atom is 0.253 e. The second-order valence-corrected chi connectivity index (χ2v) is 3.64. The molecule has 0 spiro atoms. The number of aromatic nitrogens is 1. The molecule has 5 heteroatoms. The van der Waals surface area contributed by atoms with Crippen molar-refractivity contribution in [3.05, 3.63) is 34.2 Å². The lowest BCUT2D eigenvalue weighted by molar-refractivity contribution is 0.0935. The normalized spacial score (nSPS) is 12.1. The predicted molar refractivity (Wildman–Crippen MR) is 62.3 cm³/mol. The number of hydrogen-bond donors (Lipinski definition) is 3. The molecule has 88 valence electrons. The lowest BCUT2D eigenvalue weighted by Crippen LogP contribution is -2.40. The molecule has 16 heavy (non-hydrogen) atoms. The molecular formula is C11H17N3O2. The van der Waals surface area contributed by atoms with Crippen molar-refractivity contribution in [1.82, 2.24) is 10.3 Å². The van der Waals surface area contributed by atoms with Gasteiger partial charge in [0.1, 0.15) is 0 Å². The molecule has 5 nitrogen and oxygen atoms in total. The third-order valence-corrected chi connectivity index (χ3v) is 2.30. The van der Waals surface area contributed by atoms with Gasteiger partial charge in [-0.15, -0.1) is 0 Å². The average Bonchev–Trinajstić information content (AvgIpc) is 2.29. The van der Waals surface area contributed by atoms with Gasteiger partial charge in [-0.25, -0.2) is 0 Å². The Morgan fingerprint density at radius 3 is 2.81 bits per heavy atom. The van der Waals surface area contributed by atoms with Crippen molar-refractivity contribution in [2.24, 2.45) is 5.73 Å². The van der Waals surface area contributed by atoms with E-state index in [1.807, 2.05) is 6.92 Å². The molecular weight excluding hydrogens is 206 g/mol. The predicted octanol–water partition coefficient (Wildman–Crippen LogP) is 0.232. The van der Waals surface area contributed by atoms with Gasteiger partial charge in [-0.3, -0.25) is 9.59 Å². The van der Waals surface area contributed by atoms with Gasteiger partial charge in [-0.05, 0) is 12.5 Å².